The molecular weight excluding hydrogens is 273 g/mol. The van der Waals surface area contributed by atoms with E-state index in [0.29, 0.717) is 18.9 Å². The van der Waals surface area contributed by atoms with E-state index in [1.165, 1.54) is 6.20 Å². The lowest BCUT2D eigenvalue weighted by Crippen LogP contribution is -2.40. The Kier molecular flexibility index (Phi) is 4.82. The molecule has 4 nitrogen and oxygen atoms in total. The average molecular weight is 290 g/mol. The van der Waals surface area contributed by atoms with Crippen molar-refractivity contribution in [1.29, 1.82) is 0 Å². The van der Waals surface area contributed by atoms with Crippen LogP contribution in [-0.4, -0.2) is 42.5 Å². The molecule has 1 aliphatic heterocycles. The molecule has 0 unspecified atom stereocenters. The van der Waals surface area contributed by atoms with Crippen molar-refractivity contribution in [3.8, 4) is 0 Å². The van der Waals surface area contributed by atoms with Crippen LogP contribution in [0.25, 0.3) is 0 Å². The maximum absolute atomic E-state index is 12.7. The quantitative estimate of drug-likeness (QED) is 0.922. The average Bonchev–Trinajstić information content (AvgIpc) is 2.45. The third kappa shape index (κ3) is 3.83. The summed E-state index contributed by atoms with van der Waals surface area (Å²) in [5.41, 5.74) is -0.694. The van der Waals surface area contributed by atoms with E-state index in [4.69, 9.17) is 9.84 Å². The van der Waals surface area contributed by atoms with E-state index < -0.39 is 11.7 Å². The molecule has 1 atom stereocenters. The van der Waals surface area contributed by atoms with Gasteiger partial charge in [-0.05, 0) is 25.0 Å². The summed E-state index contributed by atoms with van der Waals surface area (Å²) >= 11 is 0. The van der Waals surface area contributed by atoms with Crippen molar-refractivity contribution in [2.75, 3.05) is 31.2 Å². The number of nitrogens with zero attached hydrogens (tertiary/aromatic N) is 2. The minimum absolute atomic E-state index is 0.0572. The van der Waals surface area contributed by atoms with Gasteiger partial charge in [-0.2, -0.15) is 13.2 Å². The van der Waals surface area contributed by atoms with E-state index in [1.807, 2.05) is 0 Å². The van der Waals surface area contributed by atoms with Crippen molar-refractivity contribution < 1.29 is 23.0 Å². The zero-order valence-corrected chi connectivity index (χ0v) is 10.9. The molecule has 2 heterocycles. The van der Waals surface area contributed by atoms with Gasteiger partial charge in [-0.25, -0.2) is 4.98 Å². The topological polar surface area (TPSA) is 45.6 Å². The standard InChI is InChI=1S/C13H17F3N2O2/c14-13(15,16)10-3-4-17-12(8-10)18-5-1-2-11(9-18)20-7-6-19/h3-4,8,11,19H,1-2,5-7,9H2/t11-/m0/s1. The highest BCUT2D eigenvalue weighted by molar-refractivity contribution is 5.42. The summed E-state index contributed by atoms with van der Waals surface area (Å²) in [6.07, 6.45) is -1.59. The smallest absolute Gasteiger partial charge is 0.394 e. The molecule has 0 spiro atoms. The van der Waals surface area contributed by atoms with E-state index in [2.05, 4.69) is 4.98 Å². The third-order valence-electron chi connectivity index (χ3n) is 3.22. The van der Waals surface area contributed by atoms with E-state index >= 15 is 0 Å². The van der Waals surface area contributed by atoms with Gasteiger partial charge in [-0.15, -0.1) is 0 Å². The highest BCUT2D eigenvalue weighted by atomic mass is 19.4. The highest BCUT2D eigenvalue weighted by Crippen LogP contribution is 2.31. The van der Waals surface area contributed by atoms with Crippen LogP contribution in [0.4, 0.5) is 19.0 Å². The molecule has 1 aliphatic rings. The van der Waals surface area contributed by atoms with Gasteiger partial charge in [0.15, 0.2) is 0 Å². The van der Waals surface area contributed by atoms with Crippen LogP contribution in [0.3, 0.4) is 0 Å². The predicted molar refractivity (Wildman–Crippen MR) is 67.5 cm³/mol. The maximum Gasteiger partial charge on any atom is 0.416 e. The number of aliphatic hydroxyl groups excluding tert-OH is 1. The Morgan fingerprint density at radius 1 is 1.45 bits per heavy atom. The molecule has 0 radical (unpaired) electrons. The molecule has 112 valence electrons. The first-order valence-electron chi connectivity index (χ1n) is 6.51. The molecule has 0 aromatic carbocycles. The van der Waals surface area contributed by atoms with Gasteiger partial charge in [-0.3, -0.25) is 0 Å². The summed E-state index contributed by atoms with van der Waals surface area (Å²) < 4.78 is 43.5. The van der Waals surface area contributed by atoms with Crippen LogP contribution in [0.1, 0.15) is 18.4 Å². The van der Waals surface area contributed by atoms with Crippen LogP contribution in [0, 0.1) is 0 Å². The van der Waals surface area contributed by atoms with Gasteiger partial charge in [0, 0.05) is 19.3 Å². The number of hydrogen-bond donors (Lipinski definition) is 1. The molecular formula is C13H17F3N2O2. The van der Waals surface area contributed by atoms with Gasteiger partial charge < -0.3 is 14.7 Å². The fraction of sp³-hybridized carbons (Fsp3) is 0.615. The number of aliphatic hydroxyl groups is 1. The summed E-state index contributed by atoms with van der Waals surface area (Å²) in [5.74, 6) is 0.317. The second-order valence-electron chi connectivity index (χ2n) is 4.71. The third-order valence-corrected chi connectivity index (χ3v) is 3.22. The molecule has 1 aromatic rings. The van der Waals surface area contributed by atoms with E-state index in [-0.39, 0.29) is 19.3 Å². The highest BCUT2D eigenvalue weighted by Gasteiger charge is 2.31. The summed E-state index contributed by atoms with van der Waals surface area (Å²) in [5, 5.41) is 8.73. The van der Waals surface area contributed by atoms with E-state index in [9.17, 15) is 13.2 Å². The normalized spacial score (nSPS) is 20.2. The molecule has 0 bridgehead atoms. The number of alkyl halides is 3. The van der Waals surface area contributed by atoms with Gasteiger partial charge in [-0.1, -0.05) is 0 Å². The molecule has 7 heteroatoms. The Hall–Kier alpha value is -1.34. The predicted octanol–water partition coefficient (Wildman–Crippen LogP) is 2.08. The minimum Gasteiger partial charge on any atom is -0.394 e. The van der Waals surface area contributed by atoms with Crippen LogP contribution >= 0.6 is 0 Å². The Labute approximate surface area is 115 Å². The number of halogens is 3. The van der Waals surface area contributed by atoms with Gasteiger partial charge in [0.05, 0.1) is 24.9 Å². The lowest BCUT2D eigenvalue weighted by Gasteiger charge is -2.33. The Morgan fingerprint density at radius 3 is 2.95 bits per heavy atom. The molecule has 1 fully saturated rings. The molecule has 2 rings (SSSR count). The monoisotopic (exact) mass is 290 g/mol. The summed E-state index contributed by atoms with van der Waals surface area (Å²) in [7, 11) is 0. The first kappa shape index (κ1) is 15.1. The maximum atomic E-state index is 12.7. The summed E-state index contributed by atoms with van der Waals surface area (Å²) in [6, 6.07) is 2.03. The molecule has 0 saturated carbocycles. The number of pyridine rings is 1. The number of anilines is 1. The van der Waals surface area contributed by atoms with Crippen LogP contribution in [0.2, 0.25) is 0 Å². The fourth-order valence-electron chi connectivity index (χ4n) is 2.27. The van der Waals surface area contributed by atoms with Crippen molar-refractivity contribution in [1.82, 2.24) is 4.98 Å². The van der Waals surface area contributed by atoms with Gasteiger partial charge in [0.1, 0.15) is 5.82 Å². The molecule has 1 N–H and O–H groups in total. The lowest BCUT2D eigenvalue weighted by molar-refractivity contribution is -0.137. The fourth-order valence-corrected chi connectivity index (χ4v) is 2.27. The SMILES string of the molecule is OCCO[C@H]1CCCN(c2cc(C(F)(F)F)ccn2)C1. The van der Waals surface area contributed by atoms with Crippen LogP contribution in [0.15, 0.2) is 18.3 Å². The zero-order chi connectivity index (χ0) is 14.6. The second kappa shape index (κ2) is 6.41. The van der Waals surface area contributed by atoms with Crippen LogP contribution in [-0.2, 0) is 10.9 Å². The number of aromatic nitrogens is 1. The van der Waals surface area contributed by atoms with Crippen molar-refractivity contribution >= 4 is 5.82 Å². The van der Waals surface area contributed by atoms with Crippen molar-refractivity contribution in [2.45, 2.75) is 25.1 Å². The second-order valence-corrected chi connectivity index (χ2v) is 4.71. The van der Waals surface area contributed by atoms with Gasteiger partial charge >= 0.3 is 6.18 Å². The Balaban J connectivity index is 2.07. The molecule has 20 heavy (non-hydrogen) atoms. The zero-order valence-electron chi connectivity index (χ0n) is 10.9. The van der Waals surface area contributed by atoms with Crippen LogP contribution in [0.5, 0.6) is 0 Å². The van der Waals surface area contributed by atoms with Gasteiger partial charge in [0.25, 0.3) is 0 Å². The van der Waals surface area contributed by atoms with E-state index in [0.717, 1.165) is 25.0 Å². The van der Waals surface area contributed by atoms with Crippen molar-refractivity contribution in [2.24, 2.45) is 0 Å². The number of hydrogen-bond acceptors (Lipinski definition) is 4. The number of rotatable bonds is 4. The number of piperidine rings is 1. The van der Waals surface area contributed by atoms with Crippen molar-refractivity contribution in [3.05, 3.63) is 23.9 Å². The molecule has 0 aliphatic carbocycles. The Bertz CT molecular complexity index is 440. The first-order valence-corrected chi connectivity index (χ1v) is 6.51. The molecule has 1 saturated heterocycles. The van der Waals surface area contributed by atoms with E-state index in [1.54, 1.807) is 4.90 Å². The summed E-state index contributed by atoms with van der Waals surface area (Å²) in [4.78, 5) is 5.80. The summed E-state index contributed by atoms with van der Waals surface area (Å²) in [6.45, 7) is 1.34. The van der Waals surface area contributed by atoms with Crippen LogP contribution < -0.4 is 4.90 Å². The van der Waals surface area contributed by atoms with Gasteiger partial charge in [0.2, 0.25) is 0 Å². The Morgan fingerprint density at radius 2 is 2.25 bits per heavy atom. The minimum atomic E-state index is -4.36. The lowest BCUT2D eigenvalue weighted by atomic mass is 10.1. The molecule has 1 aromatic heterocycles. The largest absolute Gasteiger partial charge is 0.416 e. The first-order chi connectivity index (χ1) is 9.50. The number of ether oxygens (including phenoxy) is 1. The molecule has 0 amide bonds. The van der Waals surface area contributed by atoms with Crippen molar-refractivity contribution in [3.63, 3.8) is 0 Å².